The van der Waals surface area contributed by atoms with Crippen molar-refractivity contribution in [1.82, 2.24) is 0 Å². The number of methoxy groups -OCH3 is 1. The molecule has 2 rings (SSSR count). The molecule has 0 radical (unpaired) electrons. The lowest BCUT2D eigenvalue weighted by Gasteiger charge is -2.30. The largest absolute Gasteiger partial charge is 0.497 e. The van der Waals surface area contributed by atoms with Crippen LogP contribution in [0.3, 0.4) is 0 Å². The molecule has 1 aliphatic heterocycles. The number of hydrogen-bond acceptors (Lipinski definition) is 4. The summed E-state index contributed by atoms with van der Waals surface area (Å²) in [5.41, 5.74) is 7.30. The van der Waals surface area contributed by atoms with E-state index in [2.05, 4.69) is 4.90 Å². The maximum atomic E-state index is 7.70. The number of amidine groups is 1. The number of hydrogen-bond donors (Lipinski definition) is 2. The van der Waals surface area contributed by atoms with Crippen LogP contribution in [-0.2, 0) is 4.74 Å². The molecule has 5 nitrogen and oxygen atoms in total. The van der Waals surface area contributed by atoms with Gasteiger partial charge in [-0.2, -0.15) is 0 Å². The Kier molecular flexibility index (Phi) is 4.84. The molecule has 0 aliphatic carbocycles. The number of benzene rings is 1. The smallest absolute Gasteiger partial charge is 0.124 e. The number of anilines is 1. The second kappa shape index (κ2) is 6.61. The lowest BCUT2D eigenvalue weighted by Crippen LogP contribution is -2.34. The Morgan fingerprint density at radius 2 is 2.30 bits per heavy atom. The Labute approximate surface area is 120 Å². The van der Waals surface area contributed by atoms with Crippen LogP contribution in [0.15, 0.2) is 18.2 Å². The van der Waals surface area contributed by atoms with Crippen molar-refractivity contribution in [2.75, 3.05) is 32.2 Å². The number of nitrogen functional groups attached to an aromatic ring is 1. The second-order valence-corrected chi connectivity index (χ2v) is 5.17. The highest BCUT2D eigenvalue weighted by Gasteiger charge is 2.18. The van der Waals surface area contributed by atoms with Crippen molar-refractivity contribution in [2.45, 2.75) is 25.4 Å². The van der Waals surface area contributed by atoms with E-state index < -0.39 is 0 Å². The Morgan fingerprint density at radius 3 is 2.90 bits per heavy atom. The van der Waals surface area contributed by atoms with Crippen LogP contribution < -0.4 is 15.4 Å². The van der Waals surface area contributed by atoms with Gasteiger partial charge >= 0.3 is 0 Å². The fourth-order valence-electron chi connectivity index (χ4n) is 2.54. The maximum Gasteiger partial charge on any atom is 0.124 e. The van der Waals surface area contributed by atoms with Crippen molar-refractivity contribution in [2.24, 2.45) is 5.73 Å². The van der Waals surface area contributed by atoms with Gasteiger partial charge in [0.15, 0.2) is 0 Å². The highest BCUT2D eigenvalue weighted by atomic mass is 16.5. The summed E-state index contributed by atoms with van der Waals surface area (Å²) in [6.07, 6.45) is 3.71. The van der Waals surface area contributed by atoms with E-state index in [0.717, 1.165) is 43.0 Å². The van der Waals surface area contributed by atoms with Crippen molar-refractivity contribution < 1.29 is 9.47 Å². The Balaban J connectivity index is 2.17. The van der Waals surface area contributed by atoms with Crippen LogP contribution in [0, 0.1) is 5.41 Å². The number of nitrogens with zero attached hydrogens (tertiary/aromatic N) is 1. The zero-order chi connectivity index (χ0) is 14.5. The average molecular weight is 277 g/mol. The Bertz CT molecular complexity index is 470. The molecule has 1 aromatic rings. The molecule has 1 unspecified atom stereocenters. The first-order valence-corrected chi connectivity index (χ1v) is 6.97. The van der Waals surface area contributed by atoms with Crippen molar-refractivity contribution >= 4 is 11.5 Å². The van der Waals surface area contributed by atoms with Gasteiger partial charge in [0, 0.05) is 31.8 Å². The fourth-order valence-corrected chi connectivity index (χ4v) is 2.54. The summed E-state index contributed by atoms with van der Waals surface area (Å²) in [6.45, 7) is 1.64. The minimum Gasteiger partial charge on any atom is -0.497 e. The first-order valence-electron chi connectivity index (χ1n) is 6.97. The van der Waals surface area contributed by atoms with Gasteiger partial charge in [-0.15, -0.1) is 0 Å². The first-order chi connectivity index (χ1) is 9.61. The molecule has 110 valence electrons. The third-order valence-corrected chi connectivity index (χ3v) is 3.66. The maximum absolute atomic E-state index is 7.70. The van der Waals surface area contributed by atoms with Gasteiger partial charge in [0.2, 0.25) is 0 Å². The van der Waals surface area contributed by atoms with Crippen LogP contribution in [-0.4, -0.2) is 39.2 Å². The van der Waals surface area contributed by atoms with Crippen molar-refractivity contribution in [1.29, 1.82) is 5.41 Å². The van der Waals surface area contributed by atoms with Gasteiger partial charge in [0.05, 0.1) is 18.9 Å². The fraction of sp³-hybridized carbons (Fsp3) is 0.533. The molecule has 1 saturated heterocycles. The molecule has 0 bridgehead atoms. The molecule has 1 aromatic carbocycles. The van der Waals surface area contributed by atoms with Crippen LogP contribution in [0.2, 0.25) is 0 Å². The predicted octanol–water partition coefficient (Wildman–Crippen LogP) is 1.98. The molecule has 0 amide bonds. The number of nitrogens with two attached hydrogens (primary N) is 1. The van der Waals surface area contributed by atoms with Gasteiger partial charge < -0.3 is 20.1 Å². The van der Waals surface area contributed by atoms with Gasteiger partial charge in [-0.05, 0) is 31.4 Å². The summed E-state index contributed by atoms with van der Waals surface area (Å²) in [6, 6.07) is 5.57. The minimum absolute atomic E-state index is 0.0686. The summed E-state index contributed by atoms with van der Waals surface area (Å²) in [5, 5.41) is 7.70. The molecule has 0 saturated carbocycles. The quantitative estimate of drug-likeness (QED) is 0.638. The summed E-state index contributed by atoms with van der Waals surface area (Å²) in [5.74, 6) is 0.834. The summed E-state index contributed by atoms with van der Waals surface area (Å²) in [4.78, 5) is 2.09. The predicted molar refractivity (Wildman–Crippen MR) is 80.9 cm³/mol. The zero-order valence-electron chi connectivity index (χ0n) is 12.2. The summed E-state index contributed by atoms with van der Waals surface area (Å²) in [7, 11) is 3.63. The van der Waals surface area contributed by atoms with E-state index in [9.17, 15) is 0 Å². The topological polar surface area (TPSA) is 71.6 Å². The normalized spacial score (nSPS) is 18.6. The molecular weight excluding hydrogens is 254 g/mol. The van der Waals surface area contributed by atoms with Crippen molar-refractivity contribution in [3.63, 3.8) is 0 Å². The van der Waals surface area contributed by atoms with Crippen LogP contribution in [0.25, 0.3) is 0 Å². The van der Waals surface area contributed by atoms with Crippen LogP contribution >= 0.6 is 0 Å². The molecule has 0 aromatic heterocycles. The van der Waals surface area contributed by atoms with E-state index in [1.54, 1.807) is 7.11 Å². The van der Waals surface area contributed by atoms with Crippen LogP contribution in [0.1, 0.15) is 24.8 Å². The molecule has 0 spiro atoms. The van der Waals surface area contributed by atoms with E-state index in [1.165, 1.54) is 6.42 Å². The lowest BCUT2D eigenvalue weighted by molar-refractivity contribution is 0.0216. The van der Waals surface area contributed by atoms with E-state index in [4.69, 9.17) is 20.6 Å². The van der Waals surface area contributed by atoms with E-state index in [0.29, 0.717) is 0 Å². The molecule has 1 atom stereocenters. The highest BCUT2D eigenvalue weighted by Crippen LogP contribution is 2.26. The van der Waals surface area contributed by atoms with Crippen molar-refractivity contribution in [3.05, 3.63) is 23.8 Å². The van der Waals surface area contributed by atoms with Crippen LogP contribution in [0.4, 0.5) is 5.69 Å². The zero-order valence-corrected chi connectivity index (χ0v) is 12.2. The number of nitrogens with one attached hydrogen (secondary N) is 1. The van der Waals surface area contributed by atoms with Crippen LogP contribution in [0.5, 0.6) is 5.75 Å². The SMILES string of the molecule is COc1ccc(C(=N)N)c(N(C)CC2CCCCO2)c1. The molecular formula is C15H23N3O2. The van der Waals surface area contributed by atoms with E-state index >= 15 is 0 Å². The Hall–Kier alpha value is -1.75. The molecule has 20 heavy (non-hydrogen) atoms. The first kappa shape index (κ1) is 14.7. The molecule has 5 heteroatoms. The van der Waals surface area contributed by atoms with Gasteiger partial charge in [-0.25, -0.2) is 0 Å². The van der Waals surface area contributed by atoms with Gasteiger partial charge in [-0.1, -0.05) is 0 Å². The molecule has 1 fully saturated rings. The monoisotopic (exact) mass is 277 g/mol. The van der Waals surface area contributed by atoms with E-state index in [1.807, 2.05) is 25.2 Å². The number of ether oxygens (including phenoxy) is 2. The lowest BCUT2D eigenvalue weighted by atomic mass is 10.1. The summed E-state index contributed by atoms with van der Waals surface area (Å²) >= 11 is 0. The third kappa shape index (κ3) is 3.42. The molecule has 3 N–H and O–H groups in total. The minimum atomic E-state index is 0.0686. The highest BCUT2D eigenvalue weighted by molar-refractivity contribution is 6.00. The Morgan fingerprint density at radius 1 is 1.50 bits per heavy atom. The molecule has 1 aliphatic rings. The molecule has 1 heterocycles. The van der Waals surface area contributed by atoms with E-state index in [-0.39, 0.29) is 11.9 Å². The third-order valence-electron chi connectivity index (χ3n) is 3.66. The number of likely N-dealkylation sites (N-methyl/N-ethyl adjacent to an activating group) is 1. The van der Waals surface area contributed by atoms with Gasteiger partial charge in [-0.3, -0.25) is 5.41 Å². The number of rotatable bonds is 5. The average Bonchev–Trinajstić information content (AvgIpc) is 2.47. The van der Waals surface area contributed by atoms with Crippen molar-refractivity contribution in [3.8, 4) is 5.75 Å². The van der Waals surface area contributed by atoms with Gasteiger partial charge in [0.25, 0.3) is 0 Å². The second-order valence-electron chi connectivity index (χ2n) is 5.17. The standard InChI is InChI=1S/C15H23N3O2/c1-18(10-12-5-3-4-8-20-12)14-9-11(19-2)6-7-13(14)15(16)17/h6-7,9,12H,3-5,8,10H2,1-2H3,(H3,16,17). The van der Waals surface area contributed by atoms with Gasteiger partial charge in [0.1, 0.15) is 11.6 Å². The summed E-state index contributed by atoms with van der Waals surface area (Å²) < 4.78 is 11.0.